The summed E-state index contributed by atoms with van der Waals surface area (Å²) in [4.78, 5) is 12.3. The van der Waals surface area contributed by atoms with Crippen molar-refractivity contribution >= 4 is 5.78 Å². The van der Waals surface area contributed by atoms with Gasteiger partial charge in [-0.05, 0) is 25.2 Å². The first-order valence-corrected chi connectivity index (χ1v) is 7.28. The summed E-state index contributed by atoms with van der Waals surface area (Å²) in [5.74, 6) is 0.924. The smallest absolute Gasteiger partial charge is 0.193 e. The quantitative estimate of drug-likeness (QED) is 0.638. The van der Waals surface area contributed by atoms with Gasteiger partial charge in [-0.1, -0.05) is 53.4 Å². The van der Waals surface area contributed by atoms with E-state index in [9.17, 15) is 4.79 Å². The van der Waals surface area contributed by atoms with Gasteiger partial charge in [-0.2, -0.15) is 0 Å². The average molecular weight is 240 g/mol. The lowest BCUT2D eigenvalue weighted by Gasteiger charge is -2.47. The van der Waals surface area contributed by atoms with E-state index in [1.54, 1.807) is 0 Å². The third-order valence-electron chi connectivity index (χ3n) is 3.66. The molecule has 0 N–H and O–H groups in total. The Morgan fingerprint density at radius 1 is 1.18 bits per heavy atom. The fourth-order valence-electron chi connectivity index (χ4n) is 2.62. The third-order valence-corrected chi connectivity index (χ3v) is 3.66. The molecule has 1 rings (SSSR count). The number of unbranched alkanes of at least 4 members (excludes halogenated alkanes) is 2. The minimum Gasteiger partial charge on any atom is -0.356 e. The first kappa shape index (κ1) is 14.7. The predicted octanol–water partition coefficient (Wildman–Crippen LogP) is 4.12. The van der Waals surface area contributed by atoms with Gasteiger partial charge in [0.25, 0.3) is 0 Å². The van der Waals surface area contributed by atoms with Crippen LogP contribution in [-0.2, 0) is 9.53 Å². The number of Topliss-reactive ketones (excluding diaryl/α,β-unsaturated/α-hetero) is 1. The second-order valence-corrected chi connectivity index (χ2v) is 5.80. The molecule has 0 aromatic heterocycles. The van der Waals surface area contributed by atoms with Crippen LogP contribution in [0.2, 0.25) is 0 Å². The monoisotopic (exact) mass is 240 g/mol. The third kappa shape index (κ3) is 3.54. The van der Waals surface area contributed by atoms with E-state index in [2.05, 4.69) is 27.7 Å². The summed E-state index contributed by atoms with van der Waals surface area (Å²) in [6.45, 7) is 8.63. The van der Waals surface area contributed by atoms with Gasteiger partial charge in [-0.15, -0.1) is 0 Å². The molecule has 0 aromatic carbocycles. The summed E-state index contributed by atoms with van der Waals surface area (Å²) in [5, 5.41) is 0. The molecule has 1 unspecified atom stereocenters. The van der Waals surface area contributed by atoms with Gasteiger partial charge in [0.05, 0.1) is 0 Å². The van der Waals surface area contributed by atoms with Gasteiger partial charge in [0.1, 0.15) is 11.7 Å². The zero-order valence-corrected chi connectivity index (χ0v) is 11.9. The molecule has 1 aliphatic rings. The SMILES string of the molecule is CCCCC1(CCCC)OC(CC(C)C)C1=O. The minimum atomic E-state index is -0.397. The number of carbonyl (C=O) groups excluding carboxylic acids is 1. The minimum absolute atomic E-state index is 0.108. The zero-order valence-electron chi connectivity index (χ0n) is 11.9. The van der Waals surface area contributed by atoms with E-state index in [4.69, 9.17) is 4.74 Å². The van der Waals surface area contributed by atoms with Crippen LogP contribution in [0.15, 0.2) is 0 Å². The van der Waals surface area contributed by atoms with Crippen molar-refractivity contribution in [1.82, 2.24) is 0 Å². The highest BCUT2D eigenvalue weighted by Crippen LogP contribution is 2.40. The Morgan fingerprint density at radius 2 is 1.71 bits per heavy atom. The molecule has 1 saturated heterocycles. The highest BCUT2D eigenvalue weighted by atomic mass is 16.6. The van der Waals surface area contributed by atoms with Crippen molar-refractivity contribution in [3.05, 3.63) is 0 Å². The van der Waals surface area contributed by atoms with Gasteiger partial charge >= 0.3 is 0 Å². The molecule has 1 fully saturated rings. The van der Waals surface area contributed by atoms with Crippen molar-refractivity contribution in [3.8, 4) is 0 Å². The van der Waals surface area contributed by atoms with E-state index in [1.807, 2.05) is 0 Å². The van der Waals surface area contributed by atoms with Crippen molar-refractivity contribution in [2.75, 3.05) is 0 Å². The normalized spacial score (nSPS) is 22.9. The lowest BCUT2D eigenvalue weighted by atomic mass is 9.77. The van der Waals surface area contributed by atoms with Crippen LogP contribution in [0.4, 0.5) is 0 Å². The van der Waals surface area contributed by atoms with E-state index in [-0.39, 0.29) is 6.10 Å². The summed E-state index contributed by atoms with van der Waals surface area (Å²) >= 11 is 0. The molecular formula is C15H28O2. The molecule has 0 aliphatic carbocycles. The molecule has 100 valence electrons. The van der Waals surface area contributed by atoms with E-state index in [1.165, 1.54) is 0 Å². The summed E-state index contributed by atoms with van der Waals surface area (Å²) < 4.78 is 6.00. The van der Waals surface area contributed by atoms with Crippen molar-refractivity contribution in [1.29, 1.82) is 0 Å². The van der Waals surface area contributed by atoms with Crippen LogP contribution >= 0.6 is 0 Å². The van der Waals surface area contributed by atoms with E-state index in [0.717, 1.165) is 44.9 Å². The molecule has 17 heavy (non-hydrogen) atoms. The molecule has 1 aliphatic heterocycles. The summed E-state index contributed by atoms with van der Waals surface area (Å²) in [6.07, 6.45) is 7.11. The van der Waals surface area contributed by atoms with E-state index in [0.29, 0.717) is 11.7 Å². The van der Waals surface area contributed by atoms with Crippen LogP contribution in [0.25, 0.3) is 0 Å². The first-order chi connectivity index (χ1) is 8.05. The molecule has 0 amide bonds. The van der Waals surface area contributed by atoms with Gasteiger partial charge in [-0.25, -0.2) is 0 Å². The van der Waals surface area contributed by atoms with Crippen molar-refractivity contribution in [2.24, 2.45) is 5.92 Å². The van der Waals surface area contributed by atoms with Gasteiger partial charge < -0.3 is 4.74 Å². The predicted molar refractivity (Wildman–Crippen MR) is 71.1 cm³/mol. The maximum absolute atomic E-state index is 12.3. The van der Waals surface area contributed by atoms with Crippen LogP contribution < -0.4 is 0 Å². The average Bonchev–Trinajstić information content (AvgIpc) is 2.30. The van der Waals surface area contributed by atoms with Crippen molar-refractivity contribution in [3.63, 3.8) is 0 Å². The van der Waals surface area contributed by atoms with Crippen molar-refractivity contribution < 1.29 is 9.53 Å². The summed E-state index contributed by atoms with van der Waals surface area (Å²) in [6, 6.07) is 0. The Morgan fingerprint density at radius 3 is 2.06 bits per heavy atom. The van der Waals surface area contributed by atoms with Gasteiger partial charge in [0.15, 0.2) is 5.78 Å². The topological polar surface area (TPSA) is 26.3 Å². The Hall–Kier alpha value is -0.370. The number of ketones is 1. The molecular weight excluding hydrogens is 212 g/mol. The van der Waals surface area contributed by atoms with Gasteiger partial charge in [-0.3, -0.25) is 4.79 Å². The van der Waals surface area contributed by atoms with Crippen LogP contribution in [0.3, 0.4) is 0 Å². The number of carbonyl (C=O) groups is 1. The second-order valence-electron chi connectivity index (χ2n) is 5.80. The Kier molecular flexibility index (Phi) is 5.64. The van der Waals surface area contributed by atoms with Crippen molar-refractivity contribution in [2.45, 2.75) is 84.3 Å². The maximum atomic E-state index is 12.3. The van der Waals surface area contributed by atoms with Crippen LogP contribution in [0, 0.1) is 5.92 Å². The largest absolute Gasteiger partial charge is 0.356 e. The van der Waals surface area contributed by atoms with Crippen LogP contribution in [0.1, 0.15) is 72.6 Å². The Bertz CT molecular complexity index is 237. The highest BCUT2D eigenvalue weighted by Gasteiger charge is 2.53. The summed E-state index contributed by atoms with van der Waals surface area (Å²) in [5.41, 5.74) is -0.397. The Balaban J connectivity index is 2.53. The summed E-state index contributed by atoms with van der Waals surface area (Å²) in [7, 11) is 0. The number of hydrogen-bond acceptors (Lipinski definition) is 2. The number of hydrogen-bond donors (Lipinski definition) is 0. The first-order valence-electron chi connectivity index (χ1n) is 7.28. The van der Waals surface area contributed by atoms with Crippen LogP contribution in [0.5, 0.6) is 0 Å². The molecule has 1 atom stereocenters. The molecule has 2 nitrogen and oxygen atoms in total. The van der Waals surface area contributed by atoms with E-state index >= 15 is 0 Å². The second kappa shape index (κ2) is 6.53. The molecule has 2 heteroatoms. The highest BCUT2D eigenvalue weighted by molar-refractivity contribution is 5.96. The lowest BCUT2D eigenvalue weighted by Crippen LogP contribution is -2.61. The zero-order chi connectivity index (χ0) is 12.9. The maximum Gasteiger partial charge on any atom is 0.193 e. The molecule has 0 spiro atoms. The molecule has 0 bridgehead atoms. The molecule has 0 saturated carbocycles. The lowest BCUT2D eigenvalue weighted by molar-refractivity contribution is -0.209. The Labute approximate surface area is 106 Å². The number of rotatable bonds is 8. The fraction of sp³-hybridized carbons (Fsp3) is 0.933. The standard InChI is InChI=1S/C15H28O2/c1-5-7-9-15(10-8-6-2)14(16)13(17-15)11-12(3)4/h12-13H,5-11H2,1-4H3. The molecule has 0 aromatic rings. The van der Waals surface area contributed by atoms with Crippen LogP contribution in [-0.4, -0.2) is 17.5 Å². The number of ether oxygens (including phenoxy) is 1. The van der Waals surface area contributed by atoms with Gasteiger partial charge in [0, 0.05) is 0 Å². The van der Waals surface area contributed by atoms with E-state index < -0.39 is 5.60 Å². The van der Waals surface area contributed by atoms with Gasteiger partial charge in [0.2, 0.25) is 0 Å². The molecule has 0 radical (unpaired) electrons. The molecule has 1 heterocycles. The fourth-order valence-corrected chi connectivity index (χ4v) is 2.62.